The molecule has 1 aromatic heterocycles. The SMILES string of the molecule is CSc1cccc(Oc2ncc(F)cc2C(=O)N[C@H]2CC[C@@H](NC(=O)CC(C)C)CC2)c1. The maximum Gasteiger partial charge on any atom is 0.257 e. The van der Waals surface area contributed by atoms with Crippen LogP contribution in [-0.2, 0) is 4.79 Å². The lowest BCUT2D eigenvalue weighted by Gasteiger charge is -2.30. The highest BCUT2D eigenvalue weighted by atomic mass is 32.2. The Morgan fingerprint density at radius 1 is 1.16 bits per heavy atom. The van der Waals surface area contributed by atoms with Gasteiger partial charge in [0.2, 0.25) is 11.8 Å². The largest absolute Gasteiger partial charge is 0.438 e. The van der Waals surface area contributed by atoms with Crippen molar-refractivity contribution >= 4 is 23.6 Å². The first-order valence-electron chi connectivity index (χ1n) is 10.9. The molecule has 0 bridgehead atoms. The molecule has 0 unspecified atom stereocenters. The average Bonchev–Trinajstić information content (AvgIpc) is 2.76. The maximum atomic E-state index is 13.9. The molecule has 1 heterocycles. The summed E-state index contributed by atoms with van der Waals surface area (Å²) in [7, 11) is 0. The summed E-state index contributed by atoms with van der Waals surface area (Å²) in [5.74, 6) is -0.0209. The first-order chi connectivity index (χ1) is 15.3. The zero-order valence-electron chi connectivity index (χ0n) is 18.7. The van der Waals surface area contributed by atoms with Gasteiger partial charge in [-0.05, 0) is 62.1 Å². The second-order valence-electron chi connectivity index (χ2n) is 8.47. The van der Waals surface area contributed by atoms with Crippen LogP contribution in [0.5, 0.6) is 11.6 Å². The zero-order chi connectivity index (χ0) is 23.1. The Kier molecular flexibility index (Phi) is 8.50. The molecule has 0 radical (unpaired) electrons. The number of aromatic nitrogens is 1. The molecule has 0 spiro atoms. The van der Waals surface area contributed by atoms with Gasteiger partial charge in [0.05, 0.1) is 6.20 Å². The van der Waals surface area contributed by atoms with Crippen LogP contribution in [0.3, 0.4) is 0 Å². The Labute approximate surface area is 192 Å². The Balaban J connectivity index is 1.60. The van der Waals surface area contributed by atoms with Gasteiger partial charge in [0.1, 0.15) is 17.1 Å². The van der Waals surface area contributed by atoms with Gasteiger partial charge in [0, 0.05) is 23.4 Å². The first kappa shape index (κ1) is 24.0. The van der Waals surface area contributed by atoms with Crippen LogP contribution >= 0.6 is 11.8 Å². The average molecular weight is 460 g/mol. The summed E-state index contributed by atoms with van der Waals surface area (Å²) in [5, 5.41) is 6.05. The molecule has 1 fully saturated rings. The standard InChI is InChI=1S/C24H30FN3O3S/c1-15(2)11-22(29)27-17-7-9-18(10-8-17)28-23(30)21-12-16(25)14-26-24(21)31-19-5-4-6-20(13-19)32-3/h4-6,12-15,17-18H,7-11H2,1-3H3,(H,27,29)(H,28,30)/t17-,18+. The van der Waals surface area contributed by atoms with E-state index in [0.717, 1.165) is 42.8 Å². The smallest absolute Gasteiger partial charge is 0.257 e. The molecule has 3 rings (SSSR count). The number of benzene rings is 1. The summed E-state index contributed by atoms with van der Waals surface area (Å²) < 4.78 is 19.7. The van der Waals surface area contributed by atoms with Gasteiger partial charge in [0.25, 0.3) is 5.91 Å². The quantitative estimate of drug-likeness (QED) is 0.547. The number of ether oxygens (including phenoxy) is 1. The number of hydrogen-bond donors (Lipinski definition) is 2. The van der Waals surface area contributed by atoms with Crippen molar-refractivity contribution in [3.63, 3.8) is 0 Å². The minimum Gasteiger partial charge on any atom is -0.438 e. The normalized spacial score (nSPS) is 18.3. The number of thioether (sulfide) groups is 1. The Bertz CT molecular complexity index is 946. The summed E-state index contributed by atoms with van der Waals surface area (Å²) >= 11 is 1.57. The molecule has 2 aromatic rings. The molecule has 8 heteroatoms. The van der Waals surface area contributed by atoms with Gasteiger partial charge in [-0.25, -0.2) is 9.37 Å². The minimum atomic E-state index is -0.600. The Morgan fingerprint density at radius 2 is 1.84 bits per heavy atom. The number of carbonyl (C=O) groups excluding carboxylic acids is 2. The van der Waals surface area contributed by atoms with Gasteiger partial charge in [-0.3, -0.25) is 9.59 Å². The number of pyridine rings is 1. The predicted octanol–water partition coefficient (Wildman–Crippen LogP) is 4.94. The number of nitrogens with zero attached hydrogens (tertiary/aromatic N) is 1. The molecular weight excluding hydrogens is 429 g/mol. The topological polar surface area (TPSA) is 80.3 Å². The fourth-order valence-electron chi connectivity index (χ4n) is 3.75. The number of carbonyl (C=O) groups is 2. The van der Waals surface area contributed by atoms with Crippen molar-refractivity contribution in [1.29, 1.82) is 0 Å². The summed E-state index contributed by atoms with van der Waals surface area (Å²) in [6.07, 6.45) is 6.59. The van der Waals surface area contributed by atoms with E-state index >= 15 is 0 Å². The lowest BCUT2D eigenvalue weighted by Crippen LogP contribution is -2.44. The second-order valence-corrected chi connectivity index (χ2v) is 9.35. The van der Waals surface area contributed by atoms with E-state index in [0.29, 0.717) is 18.1 Å². The molecule has 1 saturated carbocycles. The van der Waals surface area contributed by atoms with Gasteiger partial charge >= 0.3 is 0 Å². The van der Waals surface area contributed by atoms with E-state index in [1.54, 1.807) is 17.8 Å². The predicted molar refractivity (Wildman–Crippen MR) is 124 cm³/mol. The monoisotopic (exact) mass is 459 g/mol. The summed E-state index contributed by atoms with van der Waals surface area (Å²) in [5.41, 5.74) is 0.0620. The third-order valence-corrected chi connectivity index (χ3v) is 6.06. The third kappa shape index (κ3) is 6.95. The highest BCUT2D eigenvalue weighted by molar-refractivity contribution is 7.98. The second kappa shape index (κ2) is 11.3. The summed E-state index contributed by atoms with van der Waals surface area (Å²) in [6, 6.07) is 8.64. The molecule has 1 aliphatic rings. The molecule has 6 nitrogen and oxygen atoms in total. The van der Waals surface area contributed by atoms with E-state index in [9.17, 15) is 14.0 Å². The summed E-state index contributed by atoms with van der Waals surface area (Å²) in [4.78, 5) is 29.9. The number of amides is 2. The fourth-order valence-corrected chi connectivity index (χ4v) is 4.20. The maximum absolute atomic E-state index is 13.9. The number of nitrogens with one attached hydrogen (secondary N) is 2. The van der Waals surface area contributed by atoms with Gasteiger partial charge in [-0.15, -0.1) is 11.8 Å². The van der Waals surface area contributed by atoms with Crippen molar-refractivity contribution < 1.29 is 18.7 Å². The molecule has 1 aromatic carbocycles. The van der Waals surface area contributed by atoms with Gasteiger partial charge < -0.3 is 15.4 Å². The molecule has 0 atom stereocenters. The van der Waals surface area contributed by atoms with Gasteiger partial charge in [0.15, 0.2) is 0 Å². The molecule has 172 valence electrons. The third-order valence-electron chi connectivity index (χ3n) is 5.34. The van der Waals surface area contributed by atoms with E-state index in [4.69, 9.17) is 4.74 Å². The Morgan fingerprint density at radius 3 is 2.50 bits per heavy atom. The molecule has 2 amide bonds. The van der Waals surface area contributed by atoms with Crippen molar-refractivity contribution in [3.05, 3.63) is 47.9 Å². The molecule has 32 heavy (non-hydrogen) atoms. The lowest BCUT2D eigenvalue weighted by atomic mass is 9.90. The molecular formula is C24H30FN3O3S. The van der Waals surface area contributed by atoms with Crippen LogP contribution in [0.4, 0.5) is 4.39 Å². The van der Waals surface area contributed by atoms with Crippen LogP contribution in [0.15, 0.2) is 41.4 Å². The van der Waals surface area contributed by atoms with E-state index in [-0.39, 0.29) is 29.4 Å². The van der Waals surface area contributed by atoms with Crippen LogP contribution in [0.2, 0.25) is 0 Å². The van der Waals surface area contributed by atoms with Gasteiger partial charge in [-0.1, -0.05) is 19.9 Å². The van der Waals surface area contributed by atoms with Crippen molar-refractivity contribution in [2.45, 2.75) is 62.9 Å². The summed E-state index contributed by atoms with van der Waals surface area (Å²) in [6.45, 7) is 4.04. The van der Waals surface area contributed by atoms with Crippen LogP contribution in [0, 0.1) is 11.7 Å². The number of halogens is 1. The van der Waals surface area contributed by atoms with E-state index in [1.807, 2.05) is 38.3 Å². The highest BCUT2D eigenvalue weighted by Gasteiger charge is 2.25. The van der Waals surface area contributed by atoms with E-state index < -0.39 is 11.7 Å². The first-order valence-corrected chi connectivity index (χ1v) is 12.1. The minimum absolute atomic E-state index is 0.0447. The fraction of sp³-hybridized carbons (Fsp3) is 0.458. The lowest BCUT2D eigenvalue weighted by molar-refractivity contribution is -0.122. The van der Waals surface area contributed by atoms with E-state index in [1.165, 1.54) is 0 Å². The van der Waals surface area contributed by atoms with E-state index in [2.05, 4.69) is 15.6 Å². The van der Waals surface area contributed by atoms with Crippen LogP contribution in [0.1, 0.15) is 56.3 Å². The van der Waals surface area contributed by atoms with Crippen LogP contribution in [-0.4, -0.2) is 35.1 Å². The molecule has 1 aliphatic carbocycles. The number of rotatable bonds is 8. The molecule has 0 saturated heterocycles. The number of hydrogen-bond acceptors (Lipinski definition) is 5. The van der Waals surface area contributed by atoms with Crippen LogP contribution < -0.4 is 15.4 Å². The molecule has 0 aliphatic heterocycles. The Hall–Kier alpha value is -2.61. The van der Waals surface area contributed by atoms with Crippen molar-refractivity contribution in [3.8, 4) is 11.6 Å². The molecule has 2 N–H and O–H groups in total. The van der Waals surface area contributed by atoms with Crippen molar-refractivity contribution in [2.24, 2.45) is 5.92 Å². The zero-order valence-corrected chi connectivity index (χ0v) is 19.5. The van der Waals surface area contributed by atoms with Crippen molar-refractivity contribution in [2.75, 3.05) is 6.26 Å². The van der Waals surface area contributed by atoms with Gasteiger partial charge in [-0.2, -0.15) is 0 Å². The van der Waals surface area contributed by atoms with Crippen LogP contribution in [0.25, 0.3) is 0 Å². The highest BCUT2D eigenvalue weighted by Crippen LogP contribution is 2.28. The van der Waals surface area contributed by atoms with Crippen molar-refractivity contribution in [1.82, 2.24) is 15.6 Å².